The first-order valence-corrected chi connectivity index (χ1v) is 13.7. The van der Waals surface area contributed by atoms with Crippen LogP contribution in [0.3, 0.4) is 0 Å². The number of ketones is 2. The molecule has 0 aliphatic carbocycles. The topological polar surface area (TPSA) is 75.7 Å². The maximum Gasteiger partial charge on any atom is 0.238 e. The highest BCUT2D eigenvalue weighted by molar-refractivity contribution is 6.18. The molecule has 1 fully saturated rings. The Labute approximate surface area is 238 Å². The van der Waals surface area contributed by atoms with E-state index in [0.29, 0.717) is 22.6 Å². The summed E-state index contributed by atoms with van der Waals surface area (Å²) in [5, 5.41) is 3.08. The van der Waals surface area contributed by atoms with Crippen LogP contribution in [0.15, 0.2) is 109 Å². The fraction of sp³-hybridized carbons (Fsp3) is 0.171. The van der Waals surface area contributed by atoms with Gasteiger partial charge < -0.3 is 15.0 Å². The van der Waals surface area contributed by atoms with Crippen LogP contribution in [0.1, 0.15) is 38.8 Å². The lowest BCUT2D eigenvalue weighted by atomic mass is 9.64. The molecule has 41 heavy (non-hydrogen) atoms. The predicted octanol–water partition coefficient (Wildman–Crippen LogP) is 5.94. The minimum absolute atomic E-state index is 0.200. The first kappa shape index (κ1) is 25.0. The van der Waals surface area contributed by atoms with Crippen LogP contribution in [0.25, 0.3) is 5.57 Å². The van der Waals surface area contributed by atoms with Gasteiger partial charge in [-0.15, -0.1) is 0 Å². The summed E-state index contributed by atoms with van der Waals surface area (Å²) in [6, 6.07) is 29.9. The highest BCUT2D eigenvalue weighted by Crippen LogP contribution is 2.58. The highest BCUT2D eigenvalue weighted by Gasteiger charge is 2.70. The average Bonchev–Trinajstić information content (AvgIpc) is 3.49. The van der Waals surface area contributed by atoms with Gasteiger partial charge in [-0.3, -0.25) is 14.4 Å². The molecule has 3 heterocycles. The Kier molecular flexibility index (Phi) is 5.68. The van der Waals surface area contributed by atoms with Gasteiger partial charge in [-0.25, -0.2) is 0 Å². The number of nitrogens with one attached hydrogen (secondary N) is 1. The number of rotatable bonds is 5. The molecule has 202 valence electrons. The number of carbonyl (C=O) groups is 3. The number of hydrogen-bond acceptors (Lipinski definition) is 5. The van der Waals surface area contributed by atoms with E-state index < -0.39 is 23.4 Å². The zero-order valence-electron chi connectivity index (χ0n) is 22.7. The zero-order valence-corrected chi connectivity index (χ0v) is 22.7. The lowest BCUT2D eigenvalue weighted by molar-refractivity contribution is -0.121. The summed E-state index contributed by atoms with van der Waals surface area (Å²) >= 11 is 0. The molecule has 7 rings (SSSR count). The van der Waals surface area contributed by atoms with Crippen LogP contribution in [0, 0.1) is 5.92 Å². The minimum atomic E-state index is -1.35. The summed E-state index contributed by atoms with van der Waals surface area (Å²) in [6.07, 6.45) is 2.06. The van der Waals surface area contributed by atoms with Crippen molar-refractivity contribution in [1.82, 2.24) is 0 Å². The van der Waals surface area contributed by atoms with E-state index in [1.54, 1.807) is 43.5 Å². The van der Waals surface area contributed by atoms with Gasteiger partial charge in [-0.1, -0.05) is 84.9 Å². The molecule has 0 bridgehead atoms. The van der Waals surface area contributed by atoms with Crippen molar-refractivity contribution >= 4 is 34.4 Å². The Morgan fingerprint density at radius 2 is 1.54 bits per heavy atom. The van der Waals surface area contributed by atoms with Gasteiger partial charge in [0.1, 0.15) is 17.2 Å². The molecular weight excluding hydrogens is 512 g/mol. The molecule has 4 aromatic rings. The van der Waals surface area contributed by atoms with E-state index in [1.165, 1.54) is 0 Å². The van der Waals surface area contributed by atoms with Crippen molar-refractivity contribution in [2.45, 2.75) is 24.4 Å². The fourth-order valence-corrected chi connectivity index (χ4v) is 7.12. The van der Waals surface area contributed by atoms with Crippen LogP contribution in [-0.2, 0) is 10.2 Å². The number of hydrogen-bond donors (Lipinski definition) is 1. The molecule has 0 radical (unpaired) electrons. The SMILES string of the molecule is COc1cccc(C(=O)[C@@H]2[C@@H](C(=O)c3ccccc3)N3c4ccccc4C(C)=C[C@@H]3[C@@]23C(=O)Nc2ccccc23)c1. The van der Waals surface area contributed by atoms with E-state index in [9.17, 15) is 14.4 Å². The van der Waals surface area contributed by atoms with Crippen molar-refractivity contribution in [3.05, 3.63) is 131 Å². The molecule has 1 amide bonds. The molecule has 0 aromatic heterocycles. The molecule has 1 spiro atoms. The van der Waals surface area contributed by atoms with Gasteiger partial charge in [0, 0.05) is 28.1 Å². The van der Waals surface area contributed by atoms with Crippen molar-refractivity contribution in [2.24, 2.45) is 5.92 Å². The monoisotopic (exact) mass is 540 g/mol. The largest absolute Gasteiger partial charge is 0.497 e. The first-order valence-electron chi connectivity index (χ1n) is 13.7. The van der Waals surface area contributed by atoms with Crippen LogP contribution in [-0.4, -0.2) is 36.7 Å². The molecule has 1 saturated heterocycles. The van der Waals surface area contributed by atoms with Crippen LogP contribution in [0.2, 0.25) is 0 Å². The summed E-state index contributed by atoms with van der Waals surface area (Å²) in [6.45, 7) is 2.02. The number of methoxy groups -OCH3 is 1. The number of allylic oxidation sites excluding steroid dienone is 1. The number of para-hydroxylation sites is 2. The molecule has 3 aliphatic rings. The molecule has 0 unspecified atom stereocenters. The number of fused-ring (bicyclic) bond motifs is 6. The smallest absolute Gasteiger partial charge is 0.238 e. The summed E-state index contributed by atoms with van der Waals surface area (Å²) in [4.78, 5) is 46.0. The van der Waals surface area contributed by atoms with Crippen molar-refractivity contribution in [1.29, 1.82) is 0 Å². The third-order valence-electron chi connectivity index (χ3n) is 8.85. The summed E-state index contributed by atoms with van der Waals surface area (Å²) in [5.41, 5.74) is 3.75. The highest BCUT2D eigenvalue weighted by atomic mass is 16.5. The van der Waals surface area contributed by atoms with Crippen molar-refractivity contribution < 1.29 is 19.1 Å². The number of carbonyl (C=O) groups excluding carboxylic acids is 3. The average molecular weight is 541 g/mol. The molecule has 3 aliphatic heterocycles. The van der Waals surface area contributed by atoms with Gasteiger partial charge in [0.2, 0.25) is 5.91 Å². The van der Waals surface area contributed by atoms with Crippen molar-refractivity contribution in [2.75, 3.05) is 17.3 Å². The Balaban J connectivity index is 1.56. The number of nitrogens with zero attached hydrogens (tertiary/aromatic N) is 1. The van der Waals surface area contributed by atoms with Crippen LogP contribution < -0.4 is 15.0 Å². The molecule has 1 N–H and O–H groups in total. The van der Waals surface area contributed by atoms with Crippen molar-refractivity contribution in [3.63, 3.8) is 0 Å². The fourth-order valence-electron chi connectivity index (χ4n) is 7.12. The van der Waals surface area contributed by atoms with Gasteiger partial charge in [0.15, 0.2) is 11.6 Å². The van der Waals surface area contributed by atoms with Gasteiger partial charge >= 0.3 is 0 Å². The van der Waals surface area contributed by atoms with E-state index in [4.69, 9.17) is 4.74 Å². The summed E-state index contributed by atoms with van der Waals surface area (Å²) < 4.78 is 5.44. The number of amides is 1. The van der Waals surface area contributed by atoms with E-state index >= 15 is 0 Å². The predicted molar refractivity (Wildman–Crippen MR) is 158 cm³/mol. The van der Waals surface area contributed by atoms with Gasteiger partial charge in [0.05, 0.1) is 19.1 Å². The van der Waals surface area contributed by atoms with Crippen LogP contribution in [0.5, 0.6) is 5.75 Å². The van der Waals surface area contributed by atoms with Gasteiger partial charge in [0.25, 0.3) is 0 Å². The van der Waals surface area contributed by atoms with E-state index in [-0.39, 0.29) is 17.5 Å². The van der Waals surface area contributed by atoms with Gasteiger partial charge in [-0.05, 0) is 42.3 Å². The normalized spacial score (nSPS) is 23.8. The third kappa shape index (κ3) is 3.46. The molecule has 6 nitrogen and oxygen atoms in total. The second kappa shape index (κ2) is 9.30. The molecule has 0 saturated carbocycles. The number of Topliss-reactive ketones (excluding diaryl/α,β-unsaturated/α-hetero) is 2. The molecule has 6 heteroatoms. The second-order valence-corrected chi connectivity index (χ2v) is 10.8. The lowest BCUT2D eigenvalue weighted by Crippen LogP contribution is -2.51. The summed E-state index contributed by atoms with van der Waals surface area (Å²) in [5.74, 6) is -1.24. The van der Waals surface area contributed by atoms with Crippen LogP contribution in [0.4, 0.5) is 11.4 Å². The van der Waals surface area contributed by atoms with Crippen molar-refractivity contribution in [3.8, 4) is 5.75 Å². The standard InChI is InChI=1S/C35H28N2O4/c1-21-19-29-35(26-16-7-8-17-27(26)36-34(35)40)30(32(38)23-13-10-14-24(20-23)41-2)31(33(39)22-11-4-3-5-12-22)37(29)28-18-9-6-15-25(21)28/h3-20,29-31H,1-2H3,(H,36,40)/t29-,30+,31+,35-/m1/s1. The Morgan fingerprint density at radius 1 is 0.829 bits per heavy atom. The van der Waals surface area contributed by atoms with E-state index in [1.807, 2.05) is 78.6 Å². The lowest BCUT2D eigenvalue weighted by Gasteiger charge is -2.39. The first-order chi connectivity index (χ1) is 20.0. The van der Waals surface area contributed by atoms with Crippen LogP contribution >= 0.6 is 0 Å². The maximum absolute atomic E-state index is 14.9. The molecule has 4 atom stereocenters. The second-order valence-electron chi connectivity index (χ2n) is 10.8. The minimum Gasteiger partial charge on any atom is -0.497 e. The number of anilines is 2. The molecular formula is C35H28N2O4. The third-order valence-corrected chi connectivity index (χ3v) is 8.85. The summed E-state index contributed by atoms with van der Waals surface area (Å²) in [7, 11) is 1.55. The van der Waals surface area contributed by atoms with E-state index in [2.05, 4.69) is 11.4 Å². The van der Waals surface area contributed by atoms with Gasteiger partial charge in [-0.2, -0.15) is 0 Å². The zero-order chi connectivity index (χ0) is 28.3. The number of benzene rings is 4. The Bertz CT molecular complexity index is 1760. The maximum atomic E-state index is 14.9. The quantitative estimate of drug-likeness (QED) is 0.317. The Hall–Kier alpha value is -4.97. The number of ether oxygens (including phenoxy) is 1. The Morgan fingerprint density at radius 3 is 2.34 bits per heavy atom. The van der Waals surface area contributed by atoms with E-state index in [0.717, 1.165) is 22.4 Å². The molecule has 4 aromatic carbocycles.